The second kappa shape index (κ2) is 11.1. The number of hydrogen-bond acceptors (Lipinski definition) is 5. The molecule has 1 amide bonds. The highest BCUT2D eigenvalue weighted by Crippen LogP contribution is 2.40. The van der Waals surface area contributed by atoms with E-state index in [2.05, 4.69) is 20.8 Å². The largest absolute Gasteiger partial charge is 0.507 e. The SMILES string of the molecule is CCOc1ccc(/C(O)=C2/C(=O)C(=O)N(CCCOC(C)C)C2c2ccc(C(C)(C)C)cc2)cc1. The second-order valence-electron chi connectivity index (χ2n) is 10.1. The molecule has 0 aliphatic carbocycles. The molecule has 6 nitrogen and oxygen atoms in total. The van der Waals surface area contributed by atoms with Gasteiger partial charge in [-0.2, -0.15) is 0 Å². The van der Waals surface area contributed by atoms with E-state index in [1.54, 1.807) is 29.2 Å². The first-order valence-corrected chi connectivity index (χ1v) is 12.3. The van der Waals surface area contributed by atoms with Crippen LogP contribution >= 0.6 is 0 Å². The summed E-state index contributed by atoms with van der Waals surface area (Å²) >= 11 is 0. The molecule has 2 aromatic rings. The maximum atomic E-state index is 13.2. The molecule has 0 aromatic heterocycles. The quantitative estimate of drug-likeness (QED) is 0.219. The molecule has 2 aromatic carbocycles. The summed E-state index contributed by atoms with van der Waals surface area (Å²) in [6, 6.07) is 14.1. The first kappa shape index (κ1) is 26.5. The average Bonchev–Trinajstić information content (AvgIpc) is 3.06. The Morgan fingerprint density at radius 3 is 2.20 bits per heavy atom. The molecule has 6 heteroatoms. The van der Waals surface area contributed by atoms with Crippen LogP contribution in [0, 0.1) is 0 Å². The first-order chi connectivity index (χ1) is 16.5. The summed E-state index contributed by atoms with van der Waals surface area (Å²) < 4.78 is 11.1. The summed E-state index contributed by atoms with van der Waals surface area (Å²) in [7, 11) is 0. The lowest BCUT2D eigenvalue weighted by Crippen LogP contribution is -2.31. The zero-order valence-corrected chi connectivity index (χ0v) is 21.6. The Morgan fingerprint density at radius 1 is 1.03 bits per heavy atom. The Morgan fingerprint density at radius 2 is 1.66 bits per heavy atom. The Balaban J connectivity index is 2.03. The molecular weight excluding hydrogens is 442 g/mol. The van der Waals surface area contributed by atoms with Crippen LogP contribution in [0.25, 0.3) is 5.76 Å². The molecule has 1 atom stereocenters. The predicted octanol–water partition coefficient (Wildman–Crippen LogP) is 5.62. The van der Waals surface area contributed by atoms with E-state index in [-0.39, 0.29) is 22.9 Å². The van der Waals surface area contributed by atoms with Crippen molar-refractivity contribution >= 4 is 17.4 Å². The Bertz CT molecular complexity index is 1060. The van der Waals surface area contributed by atoms with Crippen molar-refractivity contribution in [3.05, 3.63) is 70.8 Å². The van der Waals surface area contributed by atoms with Crippen LogP contribution < -0.4 is 4.74 Å². The maximum Gasteiger partial charge on any atom is 0.295 e. The first-order valence-electron chi connectivity index (χ1n) is 12.3. The summed E-state index contributed by atoms with van der Waals surface area (Å²) in [4.78, 5) is 27.8. The number of hydrogen-bond donors (Lipinski definition) is 1. The number of ketones is 1. The fraction of sp³-hybridized carbons (Fsp3) is 0.448. The minimum absolute atomic E-state index is 0.0309. The van der Waals surface area contributed by atoms with Crippen LogP contribution in [0.2, 0.25) is 0 Å². The minimum Gasteiger partial charge on any atom is -0.507 e. The van der Waals surface area contributed by atoms with Crippen LogP contribution in [0.3, 0.4) is 0 Å². The number of carbonyl (C=O) groups excluding carboxylic acids is 2. The summed E-state index contributed by atoms with van der Waals surface area (Å²) in [5, 5.41) is 11.2. The lowest BCUT2D eigenvalue weighted by atomic mass is 9.85. The standard InChI is InChI=1S/C29H37NO5/c1-7-34-23-15-11-21(12-16-23)26(31)24-25(20-9-13-22(14-10-20)29(4,5)6)30(28(33)27(24)32)17-8-18-35-19(2)3/h9-16,19,25,31H,7-8,17-18H2,1-6H3/b26-24-. The van der Waals surface area contributed by atoms with Crippen molar-refractivity contribution in [2.45, 2.75) is 65.5 Å². The van der Waals surface area contributed by atoms with Gasteiger partial charge in [0.15, 0.2) is 0 Å². The molecule has 0 saturated carbocycles. The molecule has 1 fully saturated rings. The highest BCUT2D eigenvalue weighted by Gasteiger charge is 2.45. The van der Waals surface area contributed by atoms with Crippen LogP contribution in [-0.4, -0.2) is 47.6 Å². The highest BCUT2D eigenvalue weighted by molar-refractivity contribution is 6.46. The molecule has 1 aliphatic heterocycles. The number of Topliss-reactive ketones (excluding diaryl/α,β-unsaturated/α-hetero) is 1. The van der Waals surface area contributed by atoms with Crippen LogP contribution in [0.5, 0.6) is 5.75 Å². The molecule has 1 saturated heterocycles. The van der Waals surface area contributed by atoms with E-state index >= 15 is 0 Å². The van der Waals surface area contributed by atoms with Crippen molar-refractivity contribution in [1.29, 1.82) is 0 Å². The number of amides is 1. The number of aliphatic hydroxyl groups excluding tert-OH is 1. The van der Waals surface area contributed by atoms with E-state index in [9.17, 15) is 14.7 Å². The van der Waals surface area contributed by atoms with E-state index in [4.69, 9.17) is 9.47 Å². The van der Waals surface area contributed by atoms with Crippen molar-refractivity contribution in [1.82, 2.24) is 4.90 Å². The van der Waals surface area contributed by atoms with Crippen LogP contribution in [0.4, 0.5) is 0 Å². The molecular formula is C29H37NO5. The number of ether oxygens (including phenoxy) is 2. The third-order valence-electron chi connectivity index (χ3n) is 6.07. The molecule has 0 bridgehead atoms. The topological polar surface area (TPSA) is 76.1 Å². The van der Waals surface area contributed by atoms with Gasteiger partial charge < -0.3 is 19.5 Å². The van der Waals surface area contributed by atoms with Gasteiger partial charge in [-0.1, -0.05) is 45.0 Å². The Hall–Kier alpha value is -3.12. The number of carbonyl (C=O) groups is 2. The van der Waals surface area contributed by atoms with Gasteiger partial charge in [-0.25, -0.2) is 0 Å². The molecule has 3 rings (SSSR count). The third-order valence-corrected chi connectivity index (χ3v) is 6.07. The van der Waals surface area contributed by atoms with Gasteiger partial charge in [0, 0.05) is 18.7 Å². The second-order valence-corrected chi connectivity index (χ2v) is 10.1. The van der Waals surface area contributed by atoms with Crippen molar-refractivity contribution in [3.63, 3.8) is 0 Å². The van der Waals surface area contributed by atoms with Gasteiger partial charge in [0.1, 0.15) is 11.5 Å². The Kier molecular flexibility index (Phi) is 8.39. The molecule has 0 spiro atoms. The molecule has 1 N–H and O–H groups in total. The number of aliphatic hydroxyl groups is 1. The summed E-state index contributed by atoms with van der Waals surface area (Å²) in [5.41, 5.74) is 2.47. The van der Waals surface area contributed by atoms with Gasteiger partial charge in [-0.15, -0.1) is 0 Å². The van der Waals surface area contributed by atoms with Crippen LogP contribution in [-0.2, 0) is 19.7 Å². The number of likely N-dealkylation sites (tertiary alicyclic amines) is 1. The van der Waals surface area contributed by atoms with Gasteiger partial charge in [-0.3, -0.25) is 9.59 Å². The normalized spacial score (nSPS) is 17.9. The van der Waals surface area contributed by atoms with E-state index in [0.29, 0.717) is 37.5 Å². The summed E-state index contributed by atoms with van der Waals surface area (Å²) in [6.07, 6.45) is 0.677. The van der Waals surface area contributed by atoms with Gasteiger partial charge in [0.25, 0.3) is 11.7 Å². The zero-order chi connectivity index (χ0) is 25.8. The predicted molar refractivity (Wildman–Crippen MR) is 137 cm³/mol. The minimum atomic E-state index is -0.675. The number of benzene rings is 2. The molecule has 35 heavy (non-hydrogen) atoms. The summed E-state index contributed by atoms with van der Waals surface area (Å²) in [6.45, 7) is 13.6. The van der Waals surface area contributed by atoms with Gasteiger partial charge in [0.05, 0.1) is 24.3 Å². The van der Waals surface area contributed by atoms with Crippen molar-refractivity contribution in [3.8, 4) is 5.75 Å². The maximum absolute atomic E-state index is 13.2. The fourth-order valence-corrected chi connectivity index (χ4v) is 4.21. The summed E-state index contributed by atoms with van der Waals surface area (Å²) in [5.74, 6) is -0.792. The van der Waals surface area contributed by atoms with Crippen molar-refractivity contribution in [2.24, 2.45) is 0 Å². The number of rotatable bonds is 9. The fourth-order valence-electron chi connectivity index (χ4n) is 4.21. The third kappa shape index (κ3) is 6.12. The Labute approximate surface area is 208 Å². The van der Waals surface area contributed by atoms with E-state index < -0.39 is 17.7 Å². The monoisotopic (exact) mass is 479 g/mol. The smallest absolute Gasteiger partial charge is 0.295 e. The molecule has 1 unspecified atom stereocenters. The average molecular weight is 480 g/mol. The lowest BCUT2D eigenvalue weighted by Gasteiger charge is -2.26. The van der Waals surface area contributed by atoms with Gasteiger partial charge in [-0.05, 0) is 68.0 Å². The van der Waals surface area contributed by atoms with E-state index in [0.717, 1.165) is 11.1 Å². The highest BCUT2D eigenvalue weighted by atomic mass is 16.5. The molecule has 1 aliphatic rings. The van der Waals surface area contributed by atoms with Gasteiger partial charge in [0.2, 0.25) is 0 Å². The lowest BCUT2D eigenvalue weighted by molar-refractivity contribution is -0.140. The van der Waals surface area contributed by atoms with Crippen molar-refractivity contribution < 1.29 is 24.2 Å². The molecule has 0 radical (unpaired) electrons. The molecule has 188 valence electrons. The van der Waals surface area contributed by atoms with Gasteiger partial charge >= 0.3 is 0 Å². The van der Waals surface area contributed by atoms with Crippen molar-refractivity contribution in [2.75, 3.05) is 19.8 Å². The van der Waals surface area contributed by atoms with Crippen LogP contribution in [0.15, 0.2) is 54.1 Å². The van der Waals surface area contributed by atoms with Crippen LogP contribution in [0.1, 0.15) is 70.7 Å². The number of nitrogens with zero attached hydrogens (tertiary/aromatic N) is 1. The molecule has 1 heterocycles. The zero-order valence-electron chi connectivity index (χ0n) is 21.6. The van der Waals surface area contributed by atoms with E-state index in [1.807, 2.05) is 45.0 Å². The van der Waals surface area contributed by atoms with E-state index in [1.165, 1.54) is 0 Å².